The van der Waals surface area contributed by atoms with Crippen molar-refractivity contribution in [3.05, 3.63) is 34.3 Å². The molecule has 0 aliphatic carbocycles. The van der Waals surface area contributed by atoms with Gasteiger partial charge in [-0.2, -0.15) is 0 Å². The number of rotatable bonds is 5. The van der Waals surface area contributed by atoms with Gasteiger partial charge in [-0.25, -0.2) is 0 Å². The Balaban J connectivity index is 2.26. The maximum atomic E-state index is 12.9. The number of benzene rings is 1. The van der Waals surface area contributed by atoms with E-state index in [1.807, 2.05) is 13.0 Å². The largest absolute Gasteiger partial charge is 0.480 e. The van der Waals surface area contributed by atoms with Crippen LogP contribution in [0.15, 0.2) is 18.2 Å². The molecular weight excluding hydrogens is 360 g/mol. The summed E-state index contributed by atoms with van der Waals surface area (Å²) in [6.45, 7) is 4.95. The van der Waals surface area contributed by atoms with Gasteiger partial charge in [0, 0.05) is 23.5 Å². The molecule has 1 saturated heterocycles. The number of carboxylic acids is 1. The summed E-state index contributed by atoms with van der Waals surface area (Å²) in [5.74, 6) is -4.78. The lowest BCUT2D eigenvalue weighted by atomic mass is 9.82. The number of carbonyl (C=O) groups is 4. The molecule has 1 aliphatic heterocycles. The van der Waals surface area contributed by atoms with Crippen LogP contribution in [0.25, 0.3) is 0 Å². The van der Waals surface area contributed by atoms with Crippen molar-refractivity contribution in [2.75, 3.05) is 6.54 Å². The Morgan fingerprint density at radius 3 is 2.58 bits per heavy atom. The summed E-state index contributed by atoms with van der Waals surface area (Å²) in [5, 5.41) is 11.4. The van der Waals surface area contributed by atoms with Crippen LogP contribution in [0.3, 0.4) is 0 Å². The van der Waals surface area contributed by atoms with E-state index in [-0.39, 0.29) is 13.0 Å². The molecule has 140 valence electrons. The molecule has 26 heavy (non-hydrogen) atoms. The van der Waals surface area contributed by atoms with Gasteiger partial charge in [-0.05, 0) is 38.0 Å². The molecule has 7 nitrogen and oxygen atoms in total. The number of ketones is 1. The molecule has 1 fully saturated rings. The van der Waals surface area contributed by atoms with E-state index in [9.17, 15) is 19.2 Å². The van der Waals surface area contributed by atoms with Crippen molar-refractivity contribution in [1.82, 2.24) is 10.2 Å². The summed E-state index contributed by atoms with van der Waals surface area (Å²) in [7, 11) is 0. The van der Waals surface area contributed by atoms with E-state index in [0.29, 0.717) is 5.02 Å². The summed E-state index contributed by atoms with van der Waals surface area (Å²) in [6.07, 6.45) is 0.0104. The average molecular weight is 381 g/mol. The molecule has 0 radical (unpaired) electrons. The molecule has 1 aliphatic rings. The van der Waals surface area contributed by atoms with Crippen LogP contribution in [-0.4, -0.2) is 45.7 Å². The van der Waals surface area contributed by atoms with Crippen molar-refractivity contribution in [2.45, 2.75) is 39.3 Å². The smallest absolute Gasteiger partial charge is 0.322 e. The fourth-order valence-corrected chi connectivity index (χ4v) is 3.14. The maximum absolute atomic E-state index is 12.9. The number of hydrogen-bond acceptors (Lipinski definition) is 4. The second-order valence-corrected chi connectivity index (χ2v) is 7.42. The molecule has 2 amide bonds. The maximum Gasteiger partial charge on any atom is 0.322 e. The molecule has 1 unspecified atom stereocenters. The zero-order chi connectivity index (χ0) is 19.6. The third-order valence-corrected chi connectivity index (χ3v) is 4.84. The molecule has 1 heterocycles. The minimum Gasteiger partial charge on any atom is -0.480 e. The van der Waals surface area contributed by atoms with Crippen LogP contribution in [0.2, 0.25) is 5.02 Å². The Hall–Kier alpha value is -2.41. The van der Waals surface area contributed by atoms with Crippen LogP contribution in [0.5, 0.6) is 0 Å². The number of carboxylic acid groups (broad SMARTS) is 1. The van der Waals surface area contributed by atoms with Gasteiger partial charge in [0.25, 0.3) is 0 Å². The van der Waals surface area contributed by atoms with Crippen molar-refractivity contribution in [3.8, 4) is 0 Å². The van der Waals surface area contributed by atoms with Crippen LogP contribution in [0, 0.1) is 12.8 Å². The molecule has 1 atom stereocenters. The van der Waals surface area contributed by atoms with E-state index in [0.717, 1.165) is 11.1 Å². The molecule has 0 aromatic heterocycles. The molecule has 0 bridgehead atoms. The highest BCUT2D eigenvalue weighted by Gasteiger charge is 2.48. The molecule has 0 spiro atoms. The first-order chi connectivity index (χ1) is 12.0. The van der Waals surface area contributed by atoms with Crippen molar-refractivity contribution in [3.63, 3.8) is 0 Å². The van der Waals surface area contributed by atoms with E-state index in [1.165, 1.54) is 4.90 Å². The Morgan fingerprint density at radius 1 is 1.35 bits per heavy atom. The lowest BCUT2D eigenvalue weighted by molar-refractivity contribution is -0.158. The number of likely N-dealkylation sites (tertiary alicyclic amines) is 1. The number of Topliss-reactive ketones (excluding diaryl/α,β-unsaturated/α-hetero) is 1. The Kier molecular flexibility index (Phi) is 5.71. The van der Waals surface area contributed by atoms with Crippen molar-refractivity contribution in [2.24, 2.45) is 5.92 Å². The summed E-state index contributed by atoms with van der Waals surface area (Å²) < 4.78 is 0. The number of halogens is 1. The first kappa shape index (κ1) is 19.9. The molecule has 2 rings (SSSR count). The average Bonchev–Trinajstić information content (AvgIpc) is 2.52. The minimum atomic E-state index is -1.52. The van der Waals surface area contributed by atoms with Crippen molar-refractivity contribution < 1.29 is 24.3 Å². The molecule has 2 N–H and O–H groups in total. The van der Waals surface area contributed by atoms with Gasteiger partial charge in [-0.15, -0.1) is 0 Å². The molecule has 1 aromatic rings. The topological polar surface area (TPSA) is 104 Å². The number of nitrogens with one attached hydrogen (secondary N) is 1. The quantitative estimate of drug-likeness (QED) is 0.754. The van der Waals surface area contributed by atoms with Gasteiger partial charge in [0.1, 0.15) is 6.54 Å². The SMILES string of the molecule is Cc1cc(CN2C(=O)C(C(=O)NCC(=O)O)C(=O)CC2(C)C)ccc1Cl. The lowest BCUT2D eigenvalue weighted by Gasteiger charge is -2.44. The van der Waals surface area contributed by atoms with Crippen LogP contribution < -0.4 is 5.32 Å². The van der Waals surface area contributed by atoms with Gasteiger partial charge in [0.15, 0.2) is 11.7 Å². The van der Waals surface area contributed by atoms with Gasteiger partial charge in [0.2, 0.25) is 11.8 Å². The number of aryl methyl sites for hydroxylation is 1. The van der Waals surface area contributed by atoms with E-state index in [1.54, 1.807) is 26.0 Å². The monoisotopic (exact) mass is 380 g/mol. The first-order valence-electron chi connectivity index (χ1n) is 8.11. The van der Waals surface area contributed by atoms with Gasteiger partial charge in [-0.1, -0.05) is 23.7 Å². The number of hydrogen-bond donors (Lipinski definition) is 2. The standard InChI is InChI=1S/C18H21ClN2O5/c1-10-6-11(4-5-12(10)19)9-21-17(26)15(13(22)7-18(21,2)3)16(25)20-8-14(23)24/h4-6,15H,7-9H2,1-3H3,(H,20,25)(H,23,24). The normalized spacial score (nSPS) is 19.4. The fraction of sp³-hybridized carbons (Fsp3) is 0.444. The lowest BCUT2D eigenvalue weighted by Crippen LogP contribution is -2.60. The number of nitrogens with zero attached hydrogens (tertiary/aromatic N) is 1. The summed E-state index contributed by atoms with van der Waals surface area (Å²) in [6, 6.07) is 5.37. The fourth-order valence-electron chi connectivity index (χ4n) is 3.02. The van der Waals surface area contributed by atoms with E-state index in [4.69, 9.17) is 16.7 Å². The van der Waals surface area contributed by atoms with Gasteiger partial charge < -0.3 is 15.3 Å². The number of carbonyl (C=O) groups excluding carboxylic acids is 3. The van der Waals surface area contributed by atoms with Gasteiger partial charge in [-0.3, -0.25) is 19.2 Å². The Labute approximate surface area is 156 Å². The summed E-state index contributed by atoms with van der Waals surface area (Å²) >= 11 is 6.03. The second-order valence-electron chi connectivity index (χ2n) is 7.01. The third-order valence-electron chi connectivity index (χ3n) is 4.41. The summed E-state index contributed by atoms with van der Waals surface area (Å²) in [5.41, 5.74) is 0.927. The molecular formula is C18H21ClN2O5. The number of amides is 2. The molecule has 0 saturated carbocycles. The van der Waals surface area contributed by atoms with Crippen LogP contribution in [0.4, 0.5) is 0 Å². The zero-order valence-corrected chi connectivity index (χ0v) is 15.6. The van der Waals surface area contributed by atoms with Gasteiger partial charge in [0.05, 0.1) is 0 Å². The van der Waals surface area contributed by atoms with E-state index >= 15 is 0 Å². The molecule has 8 heteroatoms. The number of aliphatic carboxylic acids is 1. The second kappa shape index (κ2) is 7.45. The van der Waals surface area contributed by atoms with Gasteiger partial charge >= 0.3 is 5.97 Å². The Morgan fingerprint density at radius 2 is 2.00 bits per heavy atom. The predicted molar refractivity (Wildman–Crippen MR) is 94.6 cm³/mol. The predicted octanol–water partition coefficient (Wildman–Crippen LogP) is 1.55. The molecule has 1 aromatic carbocycles. The third kappa shape index (κ3) is 4.22. The van der Waals surface area contributed by atoms with Crippen molar-refractivity contribution in [1.29, 1.82) is 0 Å². The van der Waals surface area contributed by atoms with E-state index in [2.05, 4.69) is 5.32 Å². The Bertz CT molecular complexity index is 775. The first-order valence-corrected chi connectivity index (χ1v) is 8.49. The van der Waals surface area contributed by atoms with Crippen LogP contribution >= 0.6 is 11.6 Å². The zero-order valence-electron chi connectivity index (χ0n) is 14.8. The van der Waals surface area contributed by atoms with Crippen LogP contribution in [0.1, 0.15) is 31.4 Å². The van der Waals surface area contributed by atoms with Crippen molar-refractivity contribution >= 4 is 35.2 Å². The summed E-state index contributed by atoms with van der Waals surface area (Å²) in [4.78, 5) is 49.5. The van der Waals surface area contributed by atoms with Crippen LogP contribution in [-0.2, 0) is 25.7 Å². The highest BCUT2D eigenvalue weighted by molar-refractivity contribution is 6.31. The van der Waals surface area contributed by atoms with E-state index < -0.39 is 41.6 Å². The number of piperidine rings is 1. The highest BCUT2D eigenvalue weighted by Crippen LogP contribution is 2.31. The minimum absolute atomic E-state index is 0.0104. The highest BCUT2D eigenvalue weighted by atomic mass is 35.5.